The molecule has 6 nitrogen and oxygen atoms in total. The van der Waals surface area contributed by atoms with Crippen molar-refractivity contribution in [2.45, 2.75) is 6.18 Å². The average molecular weight is 456 g/mol. The van der Waals surface area contributed by atoms with Crippen LogP contribution in [0.15, 0.2) is 73.1 Å². The normalized spacial score (nSPS) is 11.3. The lowest BCUT2D eigenvalue weighted by molar-refractivity contribution is -0.139. The van der Waals surface area contributed by atoms with Crippen LogP contribution in [0.1, 0.15) is 5.56 Å². The molecule has 0 aliphatic heterocycles. The van der Waals surface area contributed by atoms with E-state index >= 15 is 0 Å². The van der Waals surface area contributed by atoms with Gasteiger partial charge in [0.15, 0.2) is 5.75 Å². The molecule has 0 atom stereocenters. The number of nitrogens with two attached hydrogens (primary N) is 1. The van der Waals surface area contributed by atoms with E-state index in [2.05, 4.69) is 15.6 Å². The molecule has 0 saturated carbocycles. The fourth-order valence-electron chi connectivity index (χ4n) is 3.10. The minimum atomic E-state index is -4.87. The number of anilines is 3. The lowest BCUT2D eigenvalue weighted by Crippen LogP contribution is -2.20. The third-order valence-electron chi connectivity index (χ3n) is 4.62. The predicted octanol–water partition coefficient (Wildman–Crippen LogP) is 6.41. The van der Waals surface area contributed by atoms with Crippen LogP contribution in [0.4, 0.5) is 39.4 Å². The zero-order valence-electron chi connectivity index (χ0n) is 16.8. The summed E-state index contributed by atoms with van der Waals surface area (Å²) in [5.74, 6) is -0.433. The molecule has 0 bridgehead atoms. The van der Waals surface area contributed by atoms with Gasteiger partial charge in [-0.2, -0.15) is 13.2 Å². The van der Waals surface area contributed by atoms with Gasteiger partial charge in [-0.3, -0.25) is 4.98 Å². The molecule has 4 aromatic rings. The van der Waals surface area contributed by atoms with Crippen molar-refractivity contribution in [3.63, 3.8) is 0 Å². The molecule has 4 N–H and O–H groups in total. The third-order valence-corrected chi connectivity index (χ3v) is 4.62. The summed E-state index contributed by atoms with van der Waals surface area (Å²) in [5.41, 5.74) is 5.09. The molecule has 168 valence electrons. The van der Waals surface area contributed by atoms with Crippen LogP contribution in [-0.2, 0) is 6.18 Å². The molecule has 0 spiro atoms. The summed E-state index contributed by atoms with van der Waals surface area (Å²) in [6, 6.07) is 13.1. The standard InChI is InChI=1S/C23H16F4N4O2/c24-20-8-4-16(10-19(20)23(25,26)27)31-22(32)30-15-2-5-17(6-3-15)33-21-12-29-11-13-9-14(28)1-7-18(13)21/h1-12H,28H2,(H2,30,31,32). The minimum Gasteiger partial charge on any atom is -0.455 e. The monoisotopic (exact) mass is 456 g/mol. The first kappa shape index (κ1) is 21.9. The molecule has 0 aliphatic rings. The highest BCUT2D eigenvalue weighted by molar-refractivity contribution is 5.99. The molecule has 0 aliphatic carbocycles. The van der Waals surface area contributed by atoms with Gasteiger partial charge >= 0.3 is 12.2 Å². The molecule has 0 fully saturated rings. The number of nitrogen functional groups attached to an aromatic ring is 1. The zero-order valence-corrected chi connectivity index (χ0v) is 16.8. The van der Waals surface area contributed by atoms with Gasteiger partial charge in [0, 0.05) is 34.0 Å². The summed E-state index contributed by atoms with van der Waals surface area (Å²) >= 11 is 0. The van der Waals surface area contributed by atoms with Crippen LogP contribution < -0.4 is 21.1 Å². The van der Waals surface area contributed by atoms with Gasteiger partial charge in [0.2, 0.25) is 0 Å². The number of halogens is 4. The fourth-order valence-corrected chi connectivity index (χ4v) is 3.10. The number of benzene rings is 3. The number of ether oxygens (including phenoxy) is 1. The first-order valence-electron chi connectivity index (χ1n) is 9.55. The Labute approximate surface area is 185 Å². The Morgan fingerprint density at radius 1 is 0.909 bits per heavy atom. The van der Waals surface area contributed by atoms with E-state index in [0.717, 1.165) is 16.8 Å². The van der Waals surface area contributed by atoms with Crippen molar-refractivity contribution in [3.8, 4) is 11.5 Å². The summed E-state index contributed by atoms with van der Waals surface area (Å²) in [7, 11) is 0. The number of hydrogen-bond acceptors (Lipinski definition) is 4. The van der Waals surface area contributed by atoms with E-state index in [0.29, 0.717) is 35.0 Å². The zero-order chi connectivity index (χ0) is 23.6. The van der Waals surface area contributed by atoms with Crippen molar-refractivity contribution in [3.05, 3.63) is 84.4 Å². The van der Waals surface area contributed by atoms with Crippen molar-refractivity contribution in [1.29, 1.82) is 0 Å². The number of amides is 2. The maximum Gasteiger partial charge on any atom is 0.419 e. The lowest BCUT2D eigenvalue weighted by Gasteiger charge is -2.12. The number of pyridine rings is 1. The van der Waals surface area contributed by atoms with E-state index in [1.54, 1.807) is 48.8 Å². The van der Waals surface area contributed by atoms with Crippen molar-refractivity contribution in [2.75, 3.05) is 16.4 Å². The third kappa shape index (κ3) is 5.12. The molecule has 1 aromatic heterocycles. The summed E-state index contributed by atoms with van der Waals surface area (Å²) in [4.78, 5) is 16.3. The topological polar surface area (TPSA) is 89.3 Å². The fraction of sp³-hybridized carbons (Fsp3) is 0.0435. The number of rotatable bonds is 4. The molecule has 0 saturated heterocycles. The maximum absolute atomic E-state index is 13.4. The van der Waals surface area contributed by atoms with Gasteiger partial charge in [0.25, 0.3) is 0 Å². The second-order valence-corrected chi connectivity index (χ2v) is 7.02. The highest BCUT2D eigenvalue weighted by Crippen LogP contribution is 2.33. The largest absolute Gasteiger partial charge is 0.455 e. The lowest BCUT2D eigenvalue weighted by atomic mass is 10.1. The number of urea groups is 1. The molecule has 2 amide bonds. The van der Waals surface area contributed by atoms with Crippen LogP contribution in [0.25, 0.3) is 10.8 Å². The molecule has 0 unspecified atom stereocenters. The Kier molecular flexibility index (Phi) is 5.74. The SMILES string of the molecule is Nc1ccc2c(Oc3ccc(NC(=O)Nc4ccc(F)c(C(F)(F)F)c4)cc3)cncc2c1. The van der Waals surface area contributed by atoms with E-state index < -0.39 is 23.6 Å². The highest BCUT2D eigenvalue weighted by Gasteiger charge is 2.34. The Hall–Kier alpha value is -4.34. The minimum absolute atomic E-state index is 0.203. The van der Waals surface area contributed by atoms with Crippen LogP contribution in [0.5, 0.6) is 11.5 Å². The Morgan fingerprint density at radius 3 is 2.33 bits per heavy atom. The van der Waals surface area contributed by atoms with Crippen LogP contribution >= 0.6 is 0 Å². The van der Waals surface area contributed by atoms with Gasteiger partial charge in [0.1, 0.15) is 11.6 Å². The predicted molar refractivity (Wildman–Crippen MR) is 117 cm³/mol. The molecule has 10 heteroatoms. The maximum atomic E-state index is 13.4. The molecule has 1 heterocycles. The van der Waals surface area contributed by atoms with Crippen LogP contribution in [-0.4, -0.2) is 11.0 Å². The van der Waals surface area contributed by atoms with Crippen molar-refractivity contribution in [2.24, 2.45) is 0 Å². The quantitative estimate of drug-likeness (QED) is 0.245. The van der Waals surface area contributed by atoms with Crippen LogP contribution in [0.3, 0.4) is 0 Å². The van der Waals surface area contributed by atoms with E-state index in [9.17, 15) is 22.4 Å². The number of nitrogens with one attached hydrogen (secondary N) is 2. The molecular formula is C23H16F4N4O2. The molecule has 0 radical (unpaired) electrons. The van der Waals surface area contributed by atoms with E-state index in [-0.39, 0.29) is 5.69 Å². The number of carbonyl (C=O) groups is 1. The Bertz CT molecular complexity index is 1320. The van der Waals surface area contributed by atoms with Crippen LogP contribution in [0.2, 0.25) is 0 Å². The number of aromatic nitrogens is 1. The number of fused-ring (bicyclic) bond motifs is 1. The summed E-state index contributed by atoms with van der Waals surface area (Å²) in [6.07, 6.45) is -1.64. The summed E-state index contributed by atoms with van der Waals surface area (Å²) in [6.45, 7) is 0. The second kappa shape index (κ2) is 8.65. The molecular weight excluding hydrogens is 440 g/mol. The van der Waals surface area contributed by atoms with Gasteiger partial charge < -0.3 is 21.1 Å². The molecule has 33 heavy (non-hydrogen) atoms. The van der Waals surface area contributed by atoms with Gasteiger partial charge in [-0.15, -0.1) is 0 Å². The second-order valence-electron chi connectivity index (χ2n) is 7.02. The van der Waals surface area contributed by atoms with E-state index in [1.165, 1.54) is 0 Å². The Balaban J connectivity index is 1.43. The van der Waals surface area contributed by atoms with Gasteiger partial charge in [-0.1, -0.05) is 0 Å². The highest BCUT2D eigenvalue weighted by atomic mass is 19.4. The summed E-state index contributed by atoms with van der Waals surface area (Å²) in [5, 5.41) is 6.36. The first-order valence-corrected chi connectivity index (χ1v) is 9.55. The summed E-state index contributed by atoms with van der Waals surface area (Å²) < 4.78 is 57.7. The van der Waals surface area contributed by atoms with Crippen molar-refractivity contribution in [1.82, 2.24) is 4.98 Å². The van der Waals surface area contributed by atoms with Crippen molar-refractivity contribution >= 4 is 33.9 Å². The number of nitrogens with zero attached hydrogens (tertiary/aromatic N) is 1. The van der Waals surface area contributed by atoms with Crippen molar-refractivity contribution < 1.29 is 27.1 Å². The molecule has 4 rings (SSSR count). The van der Waals surface area contributed by atoms with Crippen LogP contribution in [0, 0.1) is 5.82 Å². The molecule has 3 aromatic carbocycles. The van der Waals surface area contributed by atoms with Gasteiger partial charge in [0.05, 0.1) is 11.8 Å². The smallest absolute Gasteiger partial charge is 0.419 e. The first-order chi connectivity index (χ1) is 15.7. The van der Waals surface area contributed by atoms with E-state index in [1.807, 2.05) is 6.07 Å². The number of alkyl halides is 3. The number of carbonyl (C=O) groups excluding carboxylic acids is 1. The Morgan fingerprint density at radius 2 is 1.61 bits per heavy atom. The van der Waals surface area contributed by atoms with Gasteiger partial charge in [-0.05, 0) is 60.7 Å². The van der Waals surface area contributed by atoms with E-state index in [4.69, 9.17) is 10.5 Å². The average Bonchev–Trinajstić information content (AvgIpc) is 2.75. The van der Waals surface area contributed by atoms with Gasteiger partial charge in [-0.25, -0.2) is 9.18 Å². The number of hydrogen-bond donors (Lipinski definition) is 3.